The number of likely N-dealkylation sites (N-methyl/N-ethyl adjacent to an activating group) is 1. The second-order valence-corrected chi connectivity index (χ2v) is 34.2. The molecule has 104 heavy (non-hydrogen) atoms. The Balaban J connectivity index is 0.000000317. The number of piperazine rings is 2. The lowest BCUT2D eigenvalue weighted by Crippen LogP contribution is -2.50. The molecule has 27 nitrogen and oxygen atoms in total. The highest BCUT2D eigenvalue weighted by Crippen LogP contribution is 2.47. The SMILES string of the molecule is C=CC(=O)Nc1cc(N2CCN(C(=O)OC(C)(C)C)CC2)ccc1N(C(=O)OC(C)(C)C)c1cc(N(C)C(=O)N(COCC[Si](C)(C)C)c2c(Cl)c(OC)cc(OC)c2Cl)ncn1.C=CC(=O)Nc1cc(N2CCNCC2)ccc1Cc1cc(N(C)C(=O)Cc2c(Cl)c(OC)cc(OC)c2Cl)ncn1. The van der Waals surface area contributed by atoms with Crippen molar-refractivity contribution in [2.45, 2.75) is 91.3 Å². The van der Waals surface area contributed by atoms with Crippen LogP contribution < -0.4 is 64.3 Å². The van der Waals surface area contributed by atoms with Gasteiger partial charge in [-0.25, -0.2) is 39.2 Å². The maximum absolute atomic E-state index is 14.7. The number of ether oxygens (including phenoxy) is 7. The van der Waals surface area contributed by atoms with Crippen LogP contribution in [-0.4, -0.2) is 188 Å². The number of anilines is 9. The molecule has 0 spiro atoms. The molecule has 0 atom stereocenters. The minimum Gasteiger partial charge on any atom is -0.495 e. The Labute approximate surface area is 628 Å². The lowest BCUT2D eigenvalue weighted by Gasteiger charge is -2.37. The van der Waals surface area contributed by atoms with Gasteiger partial charge in [-0.1, -0.05) is 85.3 Å². The Kier molecular flexibility index (Phi) is 28.8. The Hall–Kier alpha value is -9.16. The van der Waals surface area contributed by atoms with Crippen LogP contribution in [0.2, 0.25) is 45.8 Å². The molecular formula is C72H92Cl4N14O13Si. The van der Waals surface area contributed by atoms with Crippen LogP contribution in [0.3, 0.4) is 0 Å². The summed E-state index contributed by atoms with van der Waals surface area (Å²) < 4.78 is 39.1. The molecule has 4 heterocycles. The fraction of sp³-hybridized carbons (Fsp3) is 0.417. The average Bonchev–Trinajstić information content (AvgIpc) is 0.772. The Bertz CT molecular complexity index is 4050. The van der Waals surface area contributed by atoms with Crippen molar-refractivity contribution in [1.29, 1.82) is 0 Å². The van der Waals surface area contributed by atoms with E-state index < -0.39 is 43.4 Å². The van der Waals surface area contributed by atoms with Gasteiger partial charge >= 0.3 is 18.2 Å². The van der Waals surface area contributed by atoms with Gasteiger partial charge in [-0.15, -0.1) is 0 Å². The summed E-state index contributed by atoms with van der Waals surface area (Å²) in [6.07, 6.45) is 4.00. The molecular weight excluding hydrogens is 1440 g/mol. The number of benzene rings is 4. The number of carbonyl (C=O) groups is 6. The summed E-state index contributed by atoms with van der Waals surface area (Å²) in [6, 6.07) is 17.5. The van der Waals surface area contributed by atoms with E-state index in [1.807, 2.05) is 43.9 Å². The zero-order valence-electron chi connectivity index (χ0n) is 61.4. The van der Waals surface area contributed by atoms with Gasteiger partial charge in [-0.05, 0) is 95.6 Å². The predicted molar refractivity (Wildman–Crippen MR) is 412 cm³/mol. The third-order valence-electron chi connectivity index (χ3n) is 16.1. The van der Waals surface area contributed by atoms with Crippen LogP contribution in [0.1, 0.15) is 58.4 Å². The zero-order chi connectivity index (χ0) is 76.5. The number of hydrogen-bond acceptors (Lipinski definition) is 20. The lowest BCUT2D eigenvalue weighted by atomic mass is 10.0. The summed E-state index contributed by atoms with van der Waals surface area (Å²) in [6.45, 7) is 29.8. The molecule has 7 amide bonds. The van der Waals surface area contributed by atoms with Crippen molar-refractivity contribution in [3.63, 3.8) is 0 Å². The first-order valence-electron chi connectivity index (χ1n) is 33.2. The number of methoxy groups -OCH3 is 4. The van der Waals surface area contributed by atoms with Crippen molar-refractivity contribution in [2.75, 3.05) is 148 Å². The van der Waals surface area contributed by atoms with E-state index in [4.69, 9.17) is 79.6 Å². The van der Waals surface area contributed by atoms with E-state index in [-0.39, 0.29) is 85.3 Å². The van der Waals surface area contributed by atoms with Gasteiger partial charge in [0.1, 0.15) is 81.1 Å². The van der Waals surface area contributed by atoms with Gasteiger partial charge < -0.3 is 63.8 Å². The molecule has 32 heteroatoms. The minimum absolute atomic E-state index is 0.00113. The molecule has 3 N–H and O–H groups in total. The molecule has 0 bridgehead atoms. The van der Waals surface area contributed by atoms with Crippen LogP contribution in [0.15, 0.2) is 98.6 Å². The summed E-state index contributed by atoms with van der Waals surface area (Å²) >= 11 is 26.6. The topological polar surface area (TPSA) is 277 Å². The van der Waals surface area contributed by atoms with Gasteiger partial charge in [-0.2, -0.15) is 0 Å². The first-order valence-corrected chi connectivity index (χ1v) is 38.4. The highest BCUT2D eigenvalue weighted by molar-refractivity contribution is 6.76. The molecule has 8 rings (SSSR count). The van der Waals surface area contributed by atoms with Crippen molar-refractivity contribution < 1.29 is 61.9 Å². The van der Waals surface area contributed by atoms with Crippen molar-refractivity contribution >= 4 is 142 Å². The Morgan fingerprint density at radius 2 is 1.12 bits per heavy atom. The monoisotopic (exact) mass is 1530 g/mol. The third-order valence-corrected chi connectivity index (χ3v) is 19.4. The molecule has 2 aliphatic rings. The molecule has 0 radical (unpaired) electrons. The van der Waals surface area contributed by atoms with E-state index in [0.717, 1.165) is 49.5 Å². The quantitative estimate of drug-likeness (QED) is 0.0220. The zero-order valence-corrected chi connectivity index (χ0v) is 65.5. The number of aromatic nitrogens is 4. The number of urea groups is 1. The van der Waals surface area contributed by atoms with E-state index in [1.54, 1.807) is 63.1 Å². The van der Waals surface area contributed by atoms with Crippen LogP contribution in [0.5, 0.6) is 23.0 Å². The molecule has 2 saturated heterocycles. The first-order chi connectivity index (χ1) is 49.1. The fourth-order valence-electron chi connectivity index (χ4n) is 10.6. The normalized spacial score (nSPS) is 13.1. The van der Waals surface area contributed by atoms with E-state index >= 15 is 0 Å². The number of carbonyl (C=O) groups excluding carboxylic acids is 6. The second-order valence-electron chi connectivity index (χ2n) is 27.1. The standard InChI is InChI=1S/C43H60Cl2N8O9Si.C29H32Cl2N6O4/c1-14-35(54)48-29-23-28(50-17-19-51(20-18-50)40(56)61-42(2,3)4)15-16-30(29)53(41(57)62-43(5,6)7)34-25-33(46-26-47-34)49(8)39(55)52(27-60-21-22-63(11,12)13)38-36(44)31(58-9)24-32(59-10)37(38)45;1-5-26(38)35-22-14-20(37-10-8-32-9-11-37)7-6-18(22)12-19-13-25(34-17-33-19)36(2)27(39)15-21-28(30)23(40-3)16-24(41-4)29(21)31/h14-16,23-26H,1,17-22,27H2,2-13H3,(H,48,54);5-7,13-14,16-17,32H,1,8-12,15H2,2-4H3,(H,35,38). The second kappa shape index (κ2) is 36.5. The summed E-state index contributed by atoms with van der Waals surface area (Å²) in [7, 11) is 7.39. The molecule has 4 aromatic carbocycles. The van der Waals surface area contributed by atoms with Crippen LogP contribution in [0.25, 0.3) is 0 Å². The summed E-state index contributed by atoms with van der Waals surface area (Å²) in [5, 5.41) is 9.65. The van der Waals surface area contributed by atoms with Gasteiger partial charge in [0.25, 0.3) is 0 Å². The summed E-state index contributed by atoms with van der Waals surface area (Å²) in [4.78, 5) is 109. The Morgan fingerprint density at radius 1 is 0.615 bits per heavy atom. The molecule has 6 aromatic rings. The maximum Gasteiger partial charge on any atom is 0.420 e. The predicted octanol–water partition coefficient (Wildman–Crippen LogP) is 13.6. The van der Waals surface area contributed by atoms with Gasteiger partial charge in [0.05, 0.1) is 67.7 Å². The number of hydrogen-bond donors (Lipinski definition) is 3. The van der Waals surface area contributed by atoms with E-state index in [0.29, 0.717) is 79.2 Å². The Morgan fingerprint density at radius 3 is 1.65 bits per heavy atom. The van der Waals surface area contributed by atoms with Crippen molar-refractivity contribution in [2.24, 2.45) is 0 Å². The van der Waals surface area contributed by atoms with Crippen LogP contribution >= 0.6 is 46.4 Å². The van der Waals surface area contributed by atoms with Crippen LogP contribution in [-0.2, 0) is 41.4 Å². The molecule has 0 unspecified atom stereocenters. The molecule has 560 valence electrons. The number of rotatable bonds is 24. The molecule has 2 aliphatic heterocycles. The van der Waals surface area contributed by atoms with Gasteiger partial charge in [0.2, 0.25) is 17.7 Å². The van der Waals surface area contributed by atoms with E-state index in [1.165, 1.54) is 85.9 Å². The van der Waals surface area contributed by atoms with Crippen LogP contribution in [0, 0.1) is 0 Å². The largest absolute Gasteiger partial charge is 0.495 e. The highest BCUT2D eigenvalue weighted by Gasteiger charge is 2.35. The summed E-state index contributed by atoms with van der Waals surface area (Å²) in [5.74, 6) is 0.438. The molecule has 0 aliphatic carbocycles. The van der Waals surface area contributed by atoms with Gasteiger partial charge in [0, 0.05) is 134 Å². The number of nitrogens with zero attached hydrogens (tertiary/aromatic N) is 11. The number of amides is 7. The lowest BCUT2D eigenvalue weighted by molar-refractivity contribution is -0.117. The molecule has 0 saturated carbocycles. The highest BCUT2D eigenvalue weighted by atomic mass is 35.5. The average molecular weight is 1530 g/mol. The fourth-order valence-corrected chi connectivity index (χ4v) is 12.7. The van der Waals surface area contributed by atoms with Gasteiger partial charge in [0.15, 0.2) is 0 Å². The van der Waals surface area contributed by atoms with Crippen molar-refractivity contribution in [3.05, 3.63) is 136 Å². The van der Waals surface area contributed by atoms with Crippen LogP contribution in [0.4, 0.5) is 66.0 Å². The third kappa shape index (κ3) is 22.0. The molecule has 2 fully saturated rings. The maximum atomic E-state index is 14.7. The van der Waals surface area contributed by atoms with E-state index in [2.05, 4.69) is 73.6 Å². The number of nitrogens with one attached hydrogen (secondary N) is 3. The van der Waals surface area contributed by atoms with Crippen molar-refractivity contribution in [1.82, 2.24) is 30.2 Å². The molecule has 2 aromatic heterocycles. The van der Waals surface area contributed by atoms with Crippen molar-refractivity contribution in [3.8, 4) is 23.0 Å². The van der Waals surface area contributed by atoms with Gasteiger partial charge in [-0.3, -0.25) is 29.1 Å². The minimum atomic E-state index is -1.51. The number of halogens is 4. The smallest absolute Gasteiger partial charge is 0.420 e. The van der Waals surface area contributed by atoms with E-state index in [9.17, 15) is 28.8 Å². The summed E-state index contributed by atoms with van der Waals surface area (Å²) in [5.41, 5.74) is 3.23. The first kappa shape index (κ1) is 82.1.